The van der Waals surface area contributed by atoms with Crippen molar-refractivity contribution in [3.63, 3.8) is 0 Å². The lowest BCUT2D eigenvalue weighted by Gasteiger charge is -2.30. The number of amides is 1. The molecule has 1 aliphatic heterocycles. The van der Waals surface area contributed by atoms with Gasteiger partial charge in [-0.1, -0.05) is 0 Å². The highest BCUT2D eigenvalue weighted by atomic mass is 35.5. The smallest absolute Gasteiger partial charge is 0.471 e. The second-order valence-corrected chi connectivity index (χ2v) is 3.40. The van der Waals surface area contributed by atoms with E-state index in [2.05, 4.69) is 0 Å². The summed E-state index contributed by atoms with van der Waals surface area (Å²) in [6, 6.07) is 0. The number of carbonyl (C=O) groups is 2. The lowest BCUT2D eigenvalue weighted by molar-refractivity contribution is -0.187. The Morgan fingerprint density at radius 2 is 1.62 bits per heavy atom. The second-order valence-electron chi connectivity index (χ2n) is 3.40. The Morgan fingerprint density at radius 1 is 1.19 bits per heavy atom. The normalized spacial score (nSPS) is 17.8. The van der Waals surface area contributed by atoms with Crippen LogP contribution in [0.5, 0.6) is 0 Å². The molecule has 0 saturated carbocycles. The van der Waals surface area contributed by atoms with Crippen LogP contribution >= 0.6 is 0 Å². The van der Waals surface area contributed by atoms with Crippen LogP contribution in [0.2, 0.25) is 0 Å². The number of likely N-dealkylation sites (tertiary alicyclic amines) is 1. The van der Waals surface area contributed by atoms with Crippen LogP contribution in [-0.2, 0) is 9.59 Å². The molecule has 0 bridgehead atoms. The van der Waals surface area contributed by atoms with Crippen molar-refractivity contribution >= 4 is 11.9 Å². The predicted octanol–water partition coefficient (Wildman–Crippen LogP) is -2.12. The highest BCUT2D eigenvalue weighted by Crippen LogP contribution is 2.23. The van der Waals surface area contributed by atoms with Crippen molar-refractivity contribution in [2.75, 3.05) is 13.1 Å². The summed E-state index contributed by atoms with van der Waals surface area (Å²) in [5, 5.41) is 8.60. The van der Waals surface area contributed by atoms with Gasteiger partial charge in [-0.25, -0.2) is 0 Å². The molecule has 0 radical (unpaired) electrons. The Hall–Kier alpha value is -0.980. The fourth-order valence-corrected chi connectivity index (χ4v) is 1.51. The molecular formula is C8H10ClF3NO3-. The standard InChI is InChI=1S/C8H10F3NO3.ClH/c9-8(10,11)7(15)12-3-1-5(2-4-12)6(13)14;/h5H,1-4H2,(H,13,14);1H/p-1. The fraction of sp³-hybridized carbons (Fsp3) is 0.750. The van der Waals surface area contributed by atoms with E-state index in [0.29, 0.717) is 4.90 Å². The maximum absolute atomic E-state index is 12.0. The SMILES string of the molecule is O=C(O)C1CCN(C(=O)C(F)(F)F)CC1.[Cl-]. The summed E-state index contributed by atoms with van der Waals surface area (Å²) in [6.45, 7) is -0.287. The van der Waals surface area contributed by atoms with Gasteiger partial charge in [0.05, 0.1) is 5.92 Å². The third-order valence-electron chi connectivity index (χ3n) is 2.37. The van der Waals surface area contributed by atoms with Crippen molar-refractivity contribution in [2.45, 2.75) is 19.0 Å². The minimum Gasteiger partial charge on any atom is -1.00 e. The van der Waals surface area contributed by atoms with Gasteiger partial charge in [-0.05, 0) is 12.8 Å². The van der Waals surface area contributed by atoms with Gasteiger partial charge in [0, 0.05) is 13.1 Å². The van der Waals surface area contributed by atoms with E-state index >= 15 is 0 Å². The second kappa shape index (κ2) is 5.38. The lowest BCUT2D eigenvalue weighted by atomic mass is 9.97. The molecule has 1 aliphatic rings. The van der Waals surface area contributed by atoms with Crippen LogP contribution in [0.1, 0.15) is 12.8 Å². The summed E-state index contributed by atoms with van der Waals surface area (Å²) >= 11 is 0. The number of hydrogen-bond donors (Lipinski definition) is 1. The van der Waals surface area contributed by atoms with E-state index in [0.717, 1.165) is 0 Å². The van der Waals surface area contributed by atoms with Crippen molar-refractivity contribution in [3.8, 4) is 0 Å². The predicted molar refractivity (Wildman–Crippen MR) is 43.0 cm³/mol. The number of halogens is 4. The van der Waals surface area contributed by atoms with Crippen molar-refractivity contribution in [1.82, 2.24) is 4.90 Å². The summed E-state index contributed by atoms with van der Waals surface area (Å²) in [4.78, 5) is 21.9. The molecule has 8 heteroatoms. The van der Waals surface area contributed by atoms with Gasteiger partial charge in [0.15, 0.2) is 0 Å². The molecular weight excluding hydrogens is 251 g/mol. The van der Waals surface area contributed by atoms with Crippen molar-refractivity contribution in [1.29, 1.82) is 0 Å². The summed E-state index contributed by atoms with van der Waals surface area (Å²) in [7, 11) is 0. The topological polar surface area (TPSA) is 57.6 Å². The molecule has 0 spiro atoms. The number of carboxylic acids is 1. The number of nitrogens with zero attached hydrogens (tertiary/aromatic N) is 1. The van der Waals surface area contributed by atoms with Crippen LogP contribution in [0.3, 0.4) is 0 Å². The van der Waals surface area contributed by atoms with E-state index in [1.807, 2.05) is 0 Å². The van der Waals surface area contributed by atoms with Gasteiger partial charge in [-0.15, -0.1) is 0 Å². The molecule has 1 heterocycles. The first-order valence-corrected chi connectivity index (χ1v) is 4.41. The Labute approximate surface area is 95.8 Å². The van der Waals surface area contributed by atoms with Crippen LogP contribution in [0.4, 0.5) is 13.2 Å². The highest BCUT2D eigenvalue weighted by molar-refractivity contribution is 5.82. The zero-order valence-electron chi connectivity index (χ0n) is 8.13. The van der Waals surface area contributed by atoms with Gasteiger partial charge in [-0.2, -0.15) is 13.2 Å². The monoisotopic (exact) mass is 260 g/mol. The zero-order valence-corrected chi connectivity index (χ0v) is 8.88. The Bertz CT molecular complexity index is 274. The molecule has 1 saturated heterocycles. The van der Waals surface area contributed by atoms with Crippen LogP contribution in [-0.4, -0.2) is 41.1 Å². The molecule has 1 amide bonds. The Kier molecular flexibility index (Phi) is 5.05. The molecule has 0 aromatic rings. The molecule has 0 aromatic carbocycles. The third kappa shape index (κ3) is 3.55. The Morgan fingerprint density at radius 3 is 1.94 bits per heavy atom. The molecule has 16 heavy (non-hydrogen) atoms. The number of aliphatic carboxylic acids is 1. The lowest BCUT2D eigenvalue weighted by Crippen LogP contribution is -3.00. The molecule has 1 fully saturated rings. The number of carboxylic acid groups (broad SMARTS) is 1. The molecule has 1 rings (SSSR count). The maximum Gasteiger partial charge on any atom is 0.471 e. The van der Waals surface area contributed by atoms with E-state index in [1.54, 1.807) is 0 Å². The van der Waals surface area contributed by atoms with Gasteiger partial charge in [-0.3, -0.25) is 9.59 Å². The van der Waals surface area contributed by atoms with Gasteiger partial charge >= 0.3 is 18.1 Å². The largest absolute Gasteiger partial charge is 1.00 e. The first kappa shape index (κ1) is 15.0. The van der Waals surface area contributed by atoms with Crippen LogP contribution < -0.4 is 12.4 Å². The molecule has 0 aromatic heterocycles. The average Bonchev–Trinajstić information content (AvgIpc) is 2.15. The van der Waals surface area contributed by atoms with Crippen LogP contribution in [0, 0.1) is 5.92 Å². The minimum atomic E-state index is -4.87. The van der Waals surface area contributed by atoms with Crippen molar-refractivity contribution in [2.24, 2.45) is 5.92 Å². The molecule has 0 atom stereocenters. The molecule has 0 unspecified atom stereocenters. The molecule has 94 valence electrons. The number of rotatable bonds is 1. The first-order valence-electron chi connectivity index (χ1n) is 4.41. The summed E-state index contributed by atoms with van der Waals surface area (Å²) in [6.07, 6.45) is -4.70. The molecule has 1 N–H and O–H groups in total. The molecule has 4 nitrogen and oxygen atoms in total. The zero-order chi connectivity index (χ0) is 11.6. The third-order valence-corrected chi connectivity index (χ3v) is 2.37. The summed E-state index contributed by atoms with van der Waals surface area (Å²) in [5.74, 6) is -3.54. The van der Waals surface area contributed by atoms with E-state index in [1.165, 1.54) is 0 Å². The van der Waals surface area contributed by atoms with Gasteiger partial charge in [0.2, 0.25) is 0 Å². The number of piperidine rings is 1. The summed E-state index contributed by atoms with van der Waals surface area (Å²) < 4.78 is 35.9. The first-order chi connectivity index (χ1) is 6.82. The maximum atomic E-state index is 12.0. The number of hydrogen-bond acceptors (Lipinski definition) is 2. The van der Waals surface area contributed by atoms with Gasteiger partial charge in [0.25, 0.3) is 0 Å². The van der Waals surface area contributed by atoms with Crippen molar-refractivity contribution < 1.29 is 40.3 Å². The van der Waals surface area contributed by atoms with Gasteiger partial charge < -0.3 is 22.4 Å². The minimum absolute atomic E-state index is 0. The summed E-state index contributed by atoms with van der Waals surface area (Å²) in [5.41, 5.74) is 0. The average molecular weight is 261 g/mol. The molecule has 0 aliphatic carbocycles. The fourth-order valence-electron chi connectivity index (χ4n) is 1.51. The van der Waals surface area contributed by atoms with E-state index < -0.39 is 24.0 Å². The van der Waals surface area contributed by atoms with E-state index in [-0.39, 0.29) is 38.3 Å². The van der Waals surface area contributed by atoms with E-state index in [4.69, 9.17) is 5.11 Å². The van der Waals surface area contributed by atoms with Crippen LogP contribution in [0.15, 0.2) is 0 Å². The number of alkyl halides is 3. The highest BCUT2D eigenvalue weighted by Gasteiger charge is 2.43. The quantitative estimate of drug-likeness (QED) is 0.586. The van der Waals surface area contributed by atoms with Crippen molar-refractivity contribution in [3.05, 3.63) is 0 Å². The number of carbonyl (C=O) groups excluding carboxylic acids is 1. The van der Waals surface area contributed by atoms with Crippen LogP contribution in [0.25, 0.3) is 0 Å². The van der Waals surface area contributed by atoms with Gasteiger partial charge in [0.1, 0.15) is 0 Å². The van der Waals surface area contributed by atoms with E-state index in [9.17, 15) is 22.8 Å². The Balaban J connectivity index is 0.00000225.